The van der Waals surface area contributed by atoms with Crippen LogP contribution in [0.15, 0.2) is 60.7 Å². The molecule has 4 nitrogen and oxygen atoms in total. The summed E-state index contributed by atoms with van der Waals surface area (Å²) in [5, 5.41) is 5.83. The van der Waals surface area contributed by atoms with Gasteiger partial charge in [-0.25, -0.2) is 10.8 Å². The van der Waals surface area contributed by atoms with Crippen molar-refractivity contribution in [3.63, 3.8) is 0 Å². The number of rotatable bonds is 4. The molecule has 3 rings (SSSR count). The number of hydrogen-bond donors (Lipinski definition) is 3. The van der Waals surface area contributed by atoms with Crippen LogP contribution in [0.25, 0.3) is 10.8 Å². The Morgan fingerprint density at radius 1 is 0.850 bits per heavy atom. The van der Waals surface area contributed by atoms with Crippen molar-refractivity contribution in [2.75, 3.05) is 10.7 Å². The van der Waals surface area contributed by atoms with E-state index in [4.69, 9.17) is 5.84 Å². The topological polar surface area (TPSA) is 63.0 Å². The Morgan fingerprint density at radius 2 is 1.60 bits per heavy atom. The highest BCUT2D eigenvalue weighted by Crippen LogP contribution is 2.19. The Balaban J connectivity index is 1.83. The van der Waals surface area contributed by atoms with Crippen molar-refractivity contribution in [2.24, 2.45) is 5.84 Å². The number of fused-ring (bicyclic) bond motifs is 1. The van der Waals surface area contributed by atoms with Crippen LogP contribution < -0.4 is 16.6 Å². The highest BCUT2D eigenvalue weighted by Gasteiger charge is 2.01. The molecule has 3 aromatic rings. The monoisotopic (exact) mass is 264 g/mol. The minimum atomic E-state index is 0.646. The van der Waals surface area contributed by atoms with Crippen LogP contribution in [0.1, 0.15) is 5.56 Å². The summed E-state index contributed by atoms with van der Waals surface area (Å²) >= 11 is 0. The molecule has 0 aliphatic carbocycles. The van der Waals surface area contributed by atoms with Crippen molar-refractivity contribution in [3.8, 4) is 0 Å². The maximum atomic E-state index is 5.36. The first-order valence-corrected chi connectivity index (χ1v) is 6.51. The number of aromatic nitrogens is 1. The molecule has 0 amide bonds. The number of hydrogen-bond acceptors (Lipinski definition) is 4. The third-order valence-electron chi connectivity index (χ3n) is 3.24. The van der Waals surface area contributed by atoms with Crippen LogP contribution in [0.4, 0.5) is 11.6 Å². The van der Waals surface area contributed by atoms with Gasteiger partial charge in [-0.15, -0.1) is 0 Å². The normalized spacial score (nSPS) is 10.4. The molecule has 0 aliphatic rings. The molecule has 0 atom stereocenters. The van der Waals surface area contributed by atoms with Gasteiger partial charge in [-0.2, -0.15) is 0 Å². The molecule has 0 radical (unpaired) electrons. The second-order valence-electron chi connectivity index (χ2n) is 4.54. The number of nitrogens with two attached hydrogens (primary N) is 1. The lowest BCUT2D eigenvalue weighted by Gasteiger charge is -2.09. The summed E-state index contributed by atoms with van der Waals surface area (Å²) in [6.45, 7) is 0.725. The summed E-state index contributed by atoms with van der Waals surface area (Å²) in [6.07, 6.45) is 0. The molecule has 4 heteroatoms. The Bertz CT molecular complexity index is 719. The van der Waals surface area contributed by atoms with Gasteiger partial charge in [0, 0.05) is 6.54 Å². The molecule has 0 saturated heterocycles. The van der Waals surface area contributed by atoms with Crippen LogP contribution in [0.3, 0.4) is 0 Å². The van der Waals surface area contributed by atoms with Crippen LogP contribution >= 0.6 is 0 Å². The highest BCUT2D eigenvalue weighted by molar-refractivity contribution is 5.85. The van der Waals surface area contributed by atoms with Crippen LogP contribution in [-0.2, 0) is 6.54 Å². The van der Waals surface area contributed by atoms with Gasteiger partial charge in [0.05, 0.1) is 0 Å². The van der Waals surface area contributed by atoms with Gasteiger partial charge >= 0.3 is 0 Å². The molecular weight excluding hydrogens is 248 g/mol. The quantitative estimate of drug-likeness (QED) is 0.500. The van der Waals surface area contributed by atoms with E-state index >= 15 is 0 Å². The zero-order valence-electron chi connectivity index (χ0n) is 11.0. The first-order chi connectivity index (χ1) is 9.86. The van der Waals surface area contributed by atoms with Crippen molar-refractivity contribution in [1.29, 1.82) is 0 Å². The van der Waals surface area contributed by atoms with E-state index in [0.717, 1.165) is 12.4 Å². The summed E-state index contributed by atoms with van der Waals surface area (Å²) in [4.78, 5) is 4.34. The van der Waals surface area contributed by atoms with E-state index in [2.05, 4.69) is 58.2 Å². The Morgan fingerprint density at radius 3 is 2.50 bits per heavy atom. The zero-order valence-corrected chi connectivity index (χ0v) is 11.0. The summed E-state index contributed by atoms with van der Waals surface area (Å²) in [5.41, 5.74) is 3.79. The number of anilines is 2. The lowest BCUT2D eigenvalue weighted by Crippen LogP contribution is -2.09. The molecular formula is C16H16N4. The average molecular weight is 264 g/mol. The smallest absolute Gasteiger partial charge is 0.142 e. The van der Waals surface area contributed by atoms with E-state index in [9.17, 15) is 0 Å². The molecule has 4 N–H and O–H groups in total. The fourth-order valence-electron chi connectivity index (χ4n) is 2.25. The third kappa shape index (κ3) is 2.55. The number of benzene rings is 2. The van der Waals surface area contributed by atoms with Crippen LogP contribution in [0.2, 0.25) is 0 Å². The van der Waals surface area contributed by atoms with Gasteiger partial charge in [-0.05, 0) is 28.5 Å². The second-order valence-corrected chi connectivity index (χ2v) is 4.54. The van der Waals surface area contributed by atoms with Crippen molar-refractivity contribution in [1.82, 2.24) is 4.98 Å². The highest BCUT2D eigenvalue weighted by atomic mass is 15.3. The summed E-state index contributed by atoms with van der Waals surface area (Å²) in [5.74, 6) is 6.81. The lowest BCUT2D eigenvalue weighted by molar-refractivity contribution is 1.12. The Hall–Kier alpha value is -2.59. The molecule has 0 fully saturated rings. The molecule has 2 aromatic carbocycles. The van der Waals surface area contributed by atoms with Crippen LogP contribution in [0, 0.1) is 0 Å². The van der Waals surface area contributed by atoms with Gasteiger partial charge in [0.1, 0.15) is 11.6 Å². The number of nitrogens with one attached hydrogen (secondary N) is 2. The predicted octanol–water partition coefficient (Wildman–Crippen LogP) is 3.13. The molecule has 0 aliphatic heterocycles. The summed E-state index contributed by atoms with van der Waals surface area (Å²) < 4.78 is 0. The van der Waals surface area contributed by atoms with Gasteiger partial charge in [0.25, 0.3) is 0 Å². The van der Waals surface area contributed by atoms with Gasteiger partial charge in [-0.3, -0.25) is 0 Å². The van der Waals surface area contributed by atoms with Gasteiger partial charge < -0.3 is 10.7 Å². The predicted molar refractivity (Wildman–Crippen MR) is 83.3 cm³/mol. The van der Waals surface area contributed by atoms with E-state index in [1.807, 2.05) is 18.2 Å². The molecule has 0 spiro atoms. The van der Waals surface area contributed by atoms with E-state index in [0.29, 0.717) is 5.82 Å². The van der Waals surface area contributed by atoms with E-state index < -0.39 is 0 Å². The number of nitrogen functional groups attached to an aromatic ring is 1. The third-order valence-corrected chi connectivity index (χ3v) is 3.24. The maximum Gasteiger partial charge on any atom is 0.142 e. The standard InChI is InChI=1S/C16H16N4/c17-20-16-10-4-9-15(19-16)18-11-13-7-3-6-12-5-1-2-8-14(12)13/h1-10H,11,17H2,(H2,18,19,20). The fourth-order valence-corrected chi connectivity index (χ4v) is 2.25. The molecule has 0 unspecified atom stereocenters. The molecule has 0 bridgehead atoms. The van der Waals surface area contributed by atoms with Gasteiger partial charge in [0.15, 0.2) is 0 Å². The minimum absolute atomic E-state index is 0.646. The van der Waals surface area contributed by atoms with Crippen LogP contribution in [-0.4, -0.2) is 4.98 Å². The maximum absolute atomic E-state index is 5.36. The molecule has 1 aromatic heterocycles. The van der Waals surface area contributed by atoms with Crippen LogP contribution in [0.5, 0.6) is 0 Å². The Kier molecular flexibility index (Phi) is 3.48. The van der Waals surface area contributed by atoms with Crippen molar-refractivity contribution < 1.29 is 0 Å². The first-order valence-electron chi connectivity index (χ1n) is 6.51. The zero-order chi connectivity index (χ0) is 13.8. The lowest BCUT2D eigenvalue weighted by atomic mass is 10.0. The second kappa shape index (κ2) is 5.59. The van der Waals surface area contributed by atoms with Gasteiger partial charge in [-0.1, -0.05) is 48.5 Å². The molecule has 100 valence electrons. The van der Waals surface area contributed by atoms with E-state index in [1.165, 1.54) is 16.3 Å². The summed E-state index contributed by atoms with van der Waals surface area (Å²) in [7, 11) is 0. The largest absolute Gasteiger partial charge is 0.366 e. The average Bonchev–Trinajstić information content (AvgIpc) is 2.53. The fraction of sp³-hybridized carbons (Fsp3) is 0.0625. The van der Waals surface area contributed by atoms with E-state index in [1.54, 1.807) is 0 Å². The minimum Gasteiger partial charge on any atom is -0.366 e. The number of hydrazine groups is 1. The molecule has 1 heterocycles. The SMILES string of the molecule is NNc1cccc(NCc2cccc3ccccc23)n1. The van der Waals surface area contributed by atoms with Crippen molar-refractivity contribution >= 4 is 22.4 Å². The first kappa shape index (κ1) is 12.4. The molecule has 20 heavy (non-hydrogen) atoms. The van der Waals surface area contributed by atoms with Gasteiger partial charge in [0.2, 0.25) is 0 Å². The van der Waals surface area contributed by atoms with Crippen molar-refractivity contribution in [2.45, 2.75) is 6.54 Å². The molecule has 0 saturated carbocycles. The van der Waals surface area contributed by atoms with Crippen molar-refractivity contribution in [3.05, 3.63) is 66.2 Å². The summed E-state index contributed by atoms with van der Waals surface area (Å²) in [6, 6.07) is 20.3. The number of pyridine rings is 1. The Labute approximate surface area is 117 Å². The number of nitrogens with zero attached hydrogens (tertiary/aromatic N) is 1. The van der Waals surface area contributed by atoms with E-state index in [-0.39, 0.29) is 0 Å².